The predicted octanol–water partition coefficient (Wildman–Crippen LogP) is 2.31. The standard InChI is InChI=1S/C11H15BrN2O/c1-15-10-3-2-5-13-11(10)14-6-4-9(7-12)8-14/h2-3,5,9H,4,6-8H2,1H3. The topological polar surface area (TPSA) is 25.4 Å². The monoisotopic (exact) mass is 270 g/mol. The number of methoxy groups -OCH3 is 1. The molecule has 2 heterocycles. The Labute approximate surface area is 98.6 Å². The number of pyridine rings is 1. The molecule has 1 aliphatic rings. The number of halogens is 1. The lowest BCUT2D eigenvalue weighted by atomic mass is 10.2. The number of ether oxygens (including phenoxy) is 1. The van der Waals surface area contributed by atoms with E-state index in [1.54, 1.807) is 7.11 Å². The fourth-order valence-electron chi connectivity index (χ4n) is 1.93. The van der Waals surface area contributed by atoms with Crippen LogP contribution in [0.25, 0.3) is 0 Å². The Bertz CT molecular complexity index is 332. The Hall–Kier alpha value is -0.770. The van der Waals surface area contributed by atoms with Gasteiger partial charge in [-0.3, -0.25) is 0 Å². The van der Waals surface area contributed by atoms with E-state index in [1.165, 1.54) is 6.42 Å². The molecule has 0 amide bonds. The van der Waals surface area contributed by atoms with Crippen molar-refractivity contribution < 1.29 is 4.74 Å². The van der Waals surface area contributed by atoms with Crippen molar-refractivity contribution >= 4 is 21.7 Å². The second kappa shape index (κ2) is 4.84. The molecule has 15 heavy (non-hydrogen) atoms. The van der Waals surface area contributed by atoms with Gasteiger partial charge in [-0.2, -0.15) is 0 Å². The molecule has 0 aliphatic carbocycles. The maximum Gasteiger partial charge on any atom is 0.171 e. The summed E-state index contributed by atoms with van der Waals surface area (Å²) in [6.07, 6.45) is 3.05. The number of nitrogens with zero attached hydrogens (tertiary/aromatic N) is 2. The first-order valence-corrected chi connectivity index (χ1v) is 6.27. The Balaban J connectivity index is 2.16. The van der Waals surface area contributed by atoms with Crippen LogP contribution in [0.4, 0.5) is 5.82 Å². The molecule has 0 radical (unpaired) electrons. The fraction of sp³-hybridized carbons (Fsp3) is 0.545. The van der Waals surface area contributed by atoms with Gasteiger partial charge >= 0.3 is 0 Å². The van der Waals surface area contributed by atoms with Crippen LogP contribution in [0.5, 0.6) is 5.75 Å². The maximum absolute atomic E-state index is 5.31. The minimum atomic E-state index is 0.733. The van der Waals surface area contributed by atoms with Gasteiger partial charge in [-0.15, -0.1) is 0 Å². The Morgan fingerprint density at radius 2 is 2.53 bits per heavy atom. The minimum absolute atomic E-state index is 0.733. The lowest BCUT2D eigenvalue weighted by Gasteiger charge is -2.19. The van der Waals surface area contributed by atoms with Crippen molar-refractivity contribution in [3.05, 3.63) is 18.3 Å². The van der Waals surface area contributed by atoms with Crippen LogP contribution in [0.2, 0.25) is 0 Å². The summed E-state index contributed by atoms with van der Waals surface area (Å²) in [4.78, 5) is 6.68. The second-order valence-electron chi connectivity index (χ2n) is 3.78. The Kier molecular flexibility index (Phi) is 3.46. The van der Waals surface area contributed by atoms with Gasteiger partial charge in [-0.25, -0.2) is 4.98 Å². The minimum Gasteiger partial charge on any atom is -0.493 e. The molecule has 1 atom stereocenters. The molecule has 1 saturated heterocycles. The van der Waals surface area contributed by atoms with Crippen molar-refractivity contribution in [1.82, 2.24) is 4.98 Å². The number of hydrogen-bond donors (Lipinski definition) is 0. The third-order valence-electron chi connectivity index (χ3n) is 2.77. The molecule has 0 bridgehead atoms. The predicted molar refractivity (Wildman–Crippen MR) is 64.9 cm³/mol. The summed E-state index contributed by atoms with van der Waals surface area (Å²) in [5, 5.41) is 1.07. The van der Waals surface area contributed by atoms with Crippen LogP contribution in [0.3, 0.4) is 0 Å². The highest BCUT2D eigenvalue weighted by atomic mass is 79.9. The van der Waals surface area contributed by atoms with Crippen LogP contribution < -0.4 is 9.64 Å². The van der Waals surface area contributed by atoms with Crippen LogP contribution in [-0.4, -0.2) is 30.5 Å². The normalized spacial score (nSPS) is 20.7. The van der Waals surface area contributed by atoms with Crippen molar-refractivity contribution in [3.8, 4) is 5.75 Å². The summed E-state index contributed by atoms with van der Waals surface area (Å²) < 4.78 is 5.31. The first-order chi connectivity index (χ1) is 7.35. The van der Waals surface area contributed by atoms with Crippen LogP contribution in [0, 0.1) is 5.92 Å². The summed E-state index contributed by atoms with van der Waals surface area (Å²) in [5.74, 6) is 2.58. The molecule has 2 rings (SSSR count). The van der Waals surface area contributed by atoms with Crippen molar-refractivity contribution in [1.29, 1.82) is 0 Å². The van der Waals surface area contributed by atoms with Crippen LogP contribution in [-0.2, 0) is 0 Å². The number of rotatable bonds is 3. The van der Waals surface area contributed by atoms with Crippen LogP contribution in [0.1, 0.15) is 6.42 Å². The Morgan fingerprint density at radius 3 is 3.20 bits per heavy atom. The first-order valence-electron chi connectivity index (χ1n) is 5.15. The SMILES string of the molecule is COc1cccnc1N1CCC(CBr)C1. The van der Waals surface area contributed by atoms with E-state index in [0.29, 0.717) is 0 Å². The molecule has 0 N–H and O–H groups in total. The largest absolute Gasteiger partial charge is 0.493 e. The van der Waals surface area contributed by atoms with Gasteiger partial charge in [0.05, 0.1) is 7.11 Å². The van der Waals surface area contributed by atoms with E-state index in [0.717, 1.165) is 35.9 Å². The summed E-state index contributed by atoms with van der Waals surface area (Å²) in [5.41, 5.74) is 0. The maximum atomic E-state index is 5.31. The number of anilines is 1. The molecular formula is C11H15BrN2O. The zero-order chi connectivity index (χ0) is 10.7. The quantitative estimate of drug-likeness (QED) is 0.789. The van der Waals surface area contributed by atoms with Crippen molar-refractivity contribution in [2.24, 2.45) is 5.92 Å². The second-order valence-corrected chi connectivity index (χ2v) is 4.43. The lowest BCUT2D eigenvalue weighted by molar-refractivity contribution is 0.413. The molecule has 0 aromatic carbocycles. The van der Waals surface area contributed by atoms with Gasteiger partial charge in [0.2, 0.25) is 0 Å². The molecule has 82 valence electrons. The smallest absolute Gasteiger partial charge is 0.171 e. The lowest BCUT2D eigenvalue weighted by Crippen LogP contribution is -2.21. The zero-order valence-corrected chi connectivity index (χ0v) is 10.4. The highest BCUT2D eigenvalue weighted by Crippen LogP contribution is 2.30. The van der Waals surface area contributed by atoms with Gasteiger partial charge in [0.1, 0.15) is 0 Å². The fourth-order valence-corrected chi connectivity index (χ4v) is 2.46. The molecular weight excluding hydrogens is 256 g/mol. The molecule has 1 fully saturated rings. The highest BCUT2D eigenvalue weighted by molar-refractivity contribution is 9.09. The summed E-state index contributed by atoms with van der Waals surface area (Å²) in [6, 6.07) is 3.87. The van der Waals surface area contributed by atoms with Gasteiger partial charge in [-0.05, 0) is 24.5 Å². The third kappa shape index (κ3) is 2.25. The highest BCUT2D eigenvalue weighted by Gasteiger charge is 2.24. The molecule has 3 nitrogen and oxygen atoms in total. The van der Waals surface area contributed by atoms with Gasteiger partial charge < -0.3 is 9.64 Å². The van der Waals surface area contributed by atoms with Crippen molar-refractivity contribution in [3.63, 3.8) is 0 Å². The molecule has 1 aliphatic heterocycles. The average molecular weight is 271 g/mol. The summed E-state index contributed by atoms with van der Waals surface area (Å²) in [7, 11) is 1.69. The van der Waals surface area contributed by atoms with Gasteiger partial charge in [0.15, 0.2) is 11.6 Å². The van der Waals surface area contributed by atoms with Gasteiger partial charge in [0, 0.05) is 24.6 Å². The van der Waals surface area contributed by atoms with E-state index >= 15 is 0 Å². The van der Waals surface area contributed by atoms with Gasteiger partial charge in [-0.1, -0.05) is 15.9 Å². The van der Waals surface area contributed by atoms with Crippen LogP contribution >= 0.6 is 15.9 Å². The molecule has 0 saturated carbocycles. The number of alkyl halides is 1. The van der Waals surface area contributed by atoms with Crippen molar-refractivity contribution in [2.45, 2.75) is 6.42 Å². The zero-order valence-electron chi connectivity index (χ0n) is 8.82. The average Bonchev–Trinajstić information content (AvgIpc) is 2.77. The van der Waals surface area contributed by atoms with E-state index in [1.807, 2.05) is 18.3 Å². The first kappa shape index (κ1) is 10.7. The van der Waals surface area contributed by atoms with E-state index in [4.69, 9.17) is 4.74 Å². The third-order valence-corrected chi connectivity index (χ3v) is 3.69. The van der Waals surface area contributed by atoms with E-state index < -0.39 is 0 Å². The number of aromatic nitrogens is 1. The summed E-state index contributed by atoms with van der Waals surface area (Å²) in [6.45, 7) is 2.14. The Morgan fingerprint density at radius 1 is 1.67 bits per heavy atom. The molecule has 4 heteroatoms. The van der Waals surface area contributed by atoms with Crippen LogP contribution in [0.15, 0.2) is 18.3 Å². The molecule has 1 aromatic rings. The van der Waals surface area contributed by atoms with E-state index in [-0.39, 0.29) is 0 Å². The molecule has 0 spiro atoms. The van der Waals surface area contributed by atoms with Crippen molar-refractivity contribution in [2.75, 3.05) is 30.4 Å². The summed E-state index contributed by atoms with van der Waals surface area (Å²) >= 11 is 3.53. The van der Waals surface area contributed by atoms with Gasteiger partial charge in [0.25, 0.3) is 0 Å². The number of hydrogen-bond acceptors (Lipinski definition) is 3. The molecule has 1 aromatic heterocycles. The van der Waals surface area contributed by atoms with E-state index in [2.05, 4.69) is 25.8 Å². The van der Waals surface area contributed by atoms with E-state index in [9.17, 15) is 0 Å². The molecule has 1 unspecified atom stereocenters.